The average molecular weight is 208 g/mol. The highest BCUT2D eigenvalue weighted by Gasteiger charge is 2.17. The summed E-state index contributed by atoms with van der Waals surface area (Å²) >= 11 is 0. The van der Waals surface area contributed by atoms with Crippen molar-refractivity contribution >= 4 is 5.69 Å². The van der Waals surface area contributed by atoms with Gasteiger partial charge in [-0.2, -0.15) is 0 Å². The first-order valence-electron chi connectivity index (χ1n) is 5.26. The van der Waals surface area contributed by atoms with E-state index in [4.69, 9.17) is 10.5 Å². The van der Waals surface area contributed by atoms with Crippen LogP contribution < -0.4 is 11.3 Å². The lowest BCUT2D eigenvalue weighted by molar-refractivity contribution is 0.0957. The van der Waals surface area contributed by atoms with Gasteiger partial charge in [0.05, 0.1) is 18.3 Å². The number of hydrogen-bond acceptors (Lipinski definition) is 3. The quantitative estimate of drug-likeness (QED) is 0.786. The van der Waals surface area contributed by atoms with Crippen molar-refractivity contribution in [1.82, 2.24) is 4.57 Å². The van der Waals surface area contributed by atoms with Crippen LogP contribution in [-0.2, 0) is 11.3 Å². The first-order valence-corrected chi connectivity index (χ1v) is 5.26. The van der Waals surface area contributed by atoms with Crippen LogP contribution in [-0.4, -0.2) is 17.3 Å². The summed E-state index contributed by atoms with van der Waals surface area (Å²) in [7, 11) is 0. The van der Waals surface area contributed by atoms with Crippen LogP contribution in [0.25, 0.3) is 0 Å². The normalized spacial score (nSPS) is 20.7. The van der Waals surface area contributed by atoms with Crippen molar-refractivity contribution in [1.29, 1.82) is 0 Å². The van der Waals surface area contributed by atoms with Gasteiger partial charge in [0.25, 0.3) is 5.56 Å². The number of nitrogens with two attached hydrogens (primary N) is 1. The van der Waals surface area contributed by atoms with E-state index in [2.05, 4.69) is 0 Å². The minimum atomic E-state index is -0.00259. The number of ether oxygens (including phenoxy) is 1. The van der Waals surface area contributed by atoms with Gasteiger partial charge in [-0.1, -0.05) is 0 Å². The van der Waals surface area contributed by atoms with E-state index >= 15 is 0 Å². The Hall–Kier alpha value is -1.29. The first kappa shape index (κ1) is 10.2. The Morgan fingerprint density at radius 1 is 1.60 bits per heavy atom. The Morgan fingerprint density at radius 3 is 3.07 bits per heavy atom. The summed E-state index contributed by atoms with van der Waals surface area (Å²) in [5, 5.41) is 0. The van der Waals surface area contributed by atoms with Crippen LogP contribution in [0.3, 0.4) is 0 Å². The van der Waals surface area contributed by atoms with Crippen LogP contribution in [0.5, 0.6) is 0 Å². The van der Waals surface area contributed by atoms with E-state index in [9.17, 15) is 4.79 Å². The summed E-state index contributed by atoms with van der Waals surface area (Å²) < 4.78 is 7.21. The number of nitrogen functional groups attached to an aromatic ring is 1. The molecule has 1 saturated heterocycles. The van der Waals surface area contributed by atoms with Gasteiger partial charge in [-0.3, -0.25) is 4.79 Å². The van der Waals surface area contributed by atoms with Gasteiger partial charge in [-0.05, 0) is 25.8 Å². The molecule has 4 nitrogen and oxygen atoms in total. The van der Waals surface area contributed by atoms with E-state index < -0.39 is 0 Å². The number of anilines is 1. The predicted molar refractivity (Wildman–Crippen MR) is 58.8 cm³/mol. The molecule has 2 N–H and O–H groups in total. The minimum absolute atomic E-state index is 0.00259. The number of pyridine rings is 1. The number of aromatic nitrogens is 1. The van der Waals surface area contributed by atoms with Crippen LogP contribution in [0, 0.1) is 6.92 Å². The molecule has 82 valence electrons. The number of nitrogens with zero attached hydrogens (tertiary/aromatic N) is 1. The van der Waals surface area contributed by atoms with Gasteiger partial charge in [0.15, 0.2) is 0 Å². The Morgan fingerprint density at radius 2 is 2.40 bits per heavy atom. The molecule has 1 aliphatic rings. The molecule has 2 rings (SSSR count). The first-order chi connectivity index (χ1) is 7.18. The van der Waals surface area contributed by atoms with Crippen molar-refractivity contribution in [2.75, 3.05) is 12.3 Å². The predicted octanol–water partition coefficient (Wildman–Crippen LogP) is 0.918. The molecule has 2 heterocycles. The molecule has 15 heavy (non-hydrogen) atoms. The van der Waals surface area contributed by atoms with Crippen molar-refractivity contribution in [3.8, 4) is 0 Å². The number of hydrogen-bond donors (Lipinski definition) is 1. The van der Waals surface area contributed by atoms with E-state index in [1.54, 1.807) is 10.6 Å². The molecule has 0 spiro atoms. The smallest absolute Gasteiger partial charge is 0.250 e. The third-order valence-electron chi connectivity index (χ3n) is 2.90. The molecule has 1 aromatic heterocycles. The fourth-order valence-electron chi connectivity index (χ4n) is 1.91. The molecule has 4 heteroatoms. The molecule has 0 radical (unpaired) electrons. The van der Waals surface area contributed by atoms with Crippen LogP contribution >= 0.6 is 0 Å². The van der Waals surface area contributed by atoms with Crippen LogP contribution in [0.2, 0.25) is 0 Å². The molecular weight excluding hydrogens is 192 g/mol. The highest BCUT2D eigenvalue weighted by molar-refractivity contribution is 5.41. The minimum Gasteiger partial charge on any atom is -0.397 e. The second-order valence-electron chi connectivity index (χ2n) is 3.96. The molecule has 0 saturated carbocycles. The van der Waals surface area contributed by atoms with Gasteiger partial charge < -0.3 is 15.0 Å². The second-order valence-corrected chi connectivity index (χ2v) is 3.96. The Balaban J connectivity index is 2.26. The Labute approximate surface area is 88.7 Å². The average Bonchev–Trinajstić information content (AvgIpc) is 2.71. The molecule has 1 aromatic rings. The van der Waals surface area contributed by atoms with E-state index in [1.807, 2.05) is 6.92 Å². The molecular formula is C11H16N2O2. The van der Waals surface area contributed by atoms with Crippen molar-refractivity contribution in [2.45, 2.75) is 32.4 Å². The Kier molecular flexibility index (Phi) is 2.77. The van der Waals surface area contributed by atoms with Crippen LogP contribution in [0.1, 0.15) is 18.5 Å². The summed E-state index contributed by atoms with van der Waals surface area (Å²) in [5.74, 6) is 0. The molecule has 1 atom stereocenters. The fraction of sp³-hybridized carbons (Fsp3) is 0.545. The summed E-state index contributed by atoms with van der Waals surface area (Å²) in [6, 6.07) is 3.17. The lowest BCUT2D eigenvalue weighted by atomic mass is 10.2. The molecule has 0 amide bonds. The van der Waals surface area contributed by atoms with E-state index in [0.29, 0.717) is 12.2 Å². The monoisotopic (exact) mass is 208 g/mol. The van der Waals surface area contributed by atoms with Crippen molar-refractivity contribution < 1.29 is 4.74 Å². The van der Waals surface area contributed by atoms with Gasteiger partial charge in [0.2, 0.25) is 0 Å². The highest BCUT2D eigenvalue weighted by Crippen LogP contribution is 2.15. The molecule has 1 fully saturated rings. The maximum atomic E-state index is 11.6. The zero-order valence-electron chi connectivity index (χ0n) is 8.90. The van der Waals surface area contributed by atoms with E-state index in [-0.39, 0.29) is 11.7 Å². The van der Waals surface area contributed by atoms with E-state index in [0.717, 1.165) is 25.1 Å². The second kappa shape index (κ2) is 4.06. The fourth-order valence-corrected chi connectivity index (χ4v) is 1.91. The zero-order chi connectivity index (χ0) is 10.8. The maximum absolute atomic E-state index is 11.6. The van der Waals surface area contributed by atoms with Crippen LogP contribution in [0.4, 0.5) is 5.69 Å². The lowest BCUT2D eigenvalue weighted by Gasteiger charge is -2.15. The third kappa shape index (κ3) is 2.04. The highest BCUT2D eigenvalue weighted by atomic mass is 16.5. The summed E-state index contributed by atoms with van der Waals surface area (Å²) in [6.45, 7) is 3.29. The molecule has 0 unspecified atom stereocenters. The van der Waals surface area contributed by atoms with Gasteiger partial charge in [0, 0.05) is 18.4 Å². The van der Waals surface area contributed by atoms with Crippen molar-refractivity contribution in [3.63, 3.8) is 0 Å². The summed E-state index contributed by atoms with van der Waals surface area (Å²) in [6.07, 6.45) is 2.28. The lowest BCUT2D eigenvalue weighted by Crippen LogP contribution is -2.28. The largest absolute Gasteiger partial charge is 0.397 e. The van der Waals surface area contributed by atoms with Crippen LogP contribution in [0.15, 0.2) is 16.9 Å². The van der Waals surface area contributed by atoms with Crippen molar-refractivity contribution in [2.24, 2.45) is 0 Å². The Bertz CT molecular complexity index is 406. The SMILES string of the molecule is Cc1c(N)ccc(=O)n1C[C@H]1CCCO1. The third-order valence-corrected chi connectivity index (χ3v) is 2.90. The zero-order valence-corrected chi connectivity index (χ0v) is 8.90. The summed E-state index contributed by atoms with van der Waals surface area (Å²) in [4.78, 5) is 11.6. The van der Waals surface area contributed by atoms with Gasteiger partial charge in [-0.25, -0.2) is 0 Å². The molecule has 0 aliphatic carbocycles. The van der Waals surface area contributed by atoms with E-state index in [1.165, 1.54) is 6.07 Å². The van der Waals surface area contributed by atoms with Crippen molar-refractivity contribution in [3.05, 3.63) is 28.2 Å². The molecule has 0 bridgehead atoms. The molecule has 1 aliphatic heterocycles. The van der Waals surface area contributed by atoms with Gasteiger partial charge >= 0.3 is 0 Å². The van der Waals surface area contributed by atoms with Gasteiger partial charge in [0.1, 0.15) is 0 Å². The standard InChI is InChI=1S/C11H16N2O2/c1-8-10(12)4-5-11(14)13(8)7-9-3-2-6-15-9/h4-5,9H,2-3,6-7,12H2,1H3/t9-/m1/s1. The topological polar surface area (TPSA) is 57.2 Å². The maximum Gasteiger partial charge on any atom is 0.250 e. The summed E-state index contributed by atoms with van der Waals surface area (Å²) in [5.41, 5.74) is 7.25. The van der Waals surface area contributed by atoms with Gasteiger partial charge in [-0.15, -0.1) is 0 Å². The number of rotatable bonds is 2. The molecule has 0 aromatic carbocycles.